The van der Waals surface area contributed by atoms with Gasteiger partial charge in [0.05, 0.1) is 20.5 Å². The largest absolute Gasteiger partial charge is 0.504 e. The first kappa shape index (κ1) is 10.7. The fourth-order valence-electron chi connectivity index (χ4n) is 1.69. The maximum absolute atomic E-state index is 9.93. The zero-order valence-corrected chi connectivity index (χ0v) is 10.8. The fraction of sp³-hybridized carbons (Fsp3) is 0. The Morgan fingerprint density at radius 3 is 2.29 bits per heavy atom. The number of aromatic nitrogens is 2. The van der Waals surface area contributed by atoms with Crippen molar-refractivity contribution in [3.05, 3.63) is 39.8 Å². The standard InChI is InChI=1S/C12H6BrClN2O/c13-6-5-7(14)10-11(12(6)17)16-9-4-2-1-3-8(9)15-10/h1-5,17H. The van der Waals surface area contributed by atoms with Crippen LogP contribution in [-0.2, 0) is 0 Å². The number of phenols is 1. The molecule has 3 aromatic rings. The molecule has 0 spiro atoms. The maximum Gasteiger partial charge on any atom is 0.157 e. The summed E-state index contributed by atoms with van der Waals surface area (Å²) in [5, 5.41) is 10.4. The van der Waals surface area contributed by atoms with Crippen LogP contribution in [0.5, 0.6) is 5.75 Å². The van der Waals surface area contributed by atoms with E-state index in [1.54, 1.807) is 6.07 Å². The number of aromatic hydroxyl groups is 1. The van der Waals surface area contributed by atoms with Gasteiger partial charge in [-0.3, -0.25) is 0 Å². The number of nitrogens with zero attached hydrogens (tertiary/aromatic N) is 2. The number of fused-ring (bicyclic) bond motifs is 2. The lowest BCUT2D eigenvalue weighted by Gasteiger charge is -2.05. The van der Waals surface area contributed by atoms with Crippen LogP contribution < -0.4 is 0 Å². The number of rotatable bonds is 0. The topological polar surface area (TPSA) is 46.0 Å². The number of para-hydroxylation sites is 2. The van der Waals surface area contributed by atoms with E-state index in [1.807, 2.05) is 24.3 Å². The van der Waals surface area contributed by atoms with Crippen LogP contribution in [0, 0.1) is 0 Å². The summed E-state index contributed by atoms with van der Waals surface area (Å²) in [6, 6.07) is 9.07. The van der Waals surface area contributed by atoms with Crippen LogP contribution in [0.15, 0.2) is 34.8 Å². The van der Waals surface area contributed by atoms with Crippen LogP contribution in [0.1, 0.15) is 0 Å². The molecule has 0 bridgehead atoms. The molecule has 0 radical (unpaired) electrons. The Morgan fingerprint density at radius 2 is 1.65 bits per heavy atom. The second-order valence-electron chi connectivity index (χ2n) is 3.60. The van der Waals surface area contributed by atoms with Crippen LogP contribution in [-0.4, -0.2) is 15.1 Å². The third-order valence-corrected chi connectivity index (χ3v) is 3.39. The third-order valence-electron chi connectivity index (χ3n) is 2.50. The summed E-state index contributed by atoms with van der Waals surface area (Å²) in [5.41, 5.74) is 2.39. The second-order valence-corrected chi connectivity index (χ2v) is 4.86. The van der Waals surface area contributed by atoms with E-state index in [-0.39, 0.29) is 5.75 Å². The SMILES string of the molecule is Oc1c(Br)cc(Cl)c2nc3ccccc3nc12. The Labute approximate surface area is 110 Å². The van der Waals surface area contributed by atoms with E-state index in [2.05, 4.69) is 25.9 Å². The summed E-state index contributed by atoms with van der Waals surface area (Å²) < 4.78 is 0.514. The third kappa shape index (κ3) is 1.64. The Kier molecular flexibility index (Phi) is 2.42. The average Bonchev–Trinajstić information content (AvgIpc) is 2.34. The van der Waals surface area contributed by atoms with E-state index in [0.717, 1.165) is 11.0 Å². The molecule has 3 rings (SSSR count). The van der Waals surface area contributed by atoms with Gasteiger partial charge in [0.1, 0.15) is 11.0 Å². The molecule has 0 saturated heterocycles. The predicted octanol–water partition coefficient (Wildman–Crippen LogP) is 3.90. The van der Waals surface area contributed by atoms with Gasteiger partial charge in [0.2, 0.25) is 0 Å². The van der Waals surface area contributed by atoms with Crippen LogP contribution in [0.4, 0.5) is 0 Å². The van der Waals surface area contributed by atoms with Crippen molar-refractivity contribution in [1.29, 1.82) is 0 Å². The number of halogens is 2. The average molecular weight is 310 g/mol. The summed E-state index contributed by atoms with van der Waals surface area (Å²) in [5.74, 6) is 0.0580. The van der Waals surface area contributed by atoms with E-state index in [9.17, 15) is 5.11 Å². The molecule has 1 aromatic heterocycles. The van der Waals surface area contributed by atoms with Crippen molar-refractivity contribution in [2.45, 2.75) is 0 Å². The van der Waals surface area contributed by atoms with Gasteiger partial charge in [0.15, 0.2) is 5.75 Å². The van der Waals surface area contributed by atoms with Crippen molar-refractivity contribution in [2.75, 3.05) is 0 Å². The summed E-state index contributed by atoms with van der Waals surface area (Å²) in [6.45, 7) is 0. The summed E-state index contributed by atoms with van der Waals surface area (Å²) in [6.07, 6.45) is 0. The van der Waals surface area contributed by atoms with Crippen LogP contribution in [0.25, 0.3) is 22.1 Å². The number of phenolic OH excluding ortho intramolecular Hbond substituents is 1. The quantitative estimate of drug-likeness (QED) is 0.641. The second kappa shape index (κ2) is 3.82. The van der Waals surface area contributed by atoms with Crippen molar-refractivity contribution < 1.29 is 5.11 Å². The van der Waals surface area contributed by atoms with Crippen LogP contribution >= 0.6 is 27.5 Å². The van der Waals surface area contributed by atoms with Crippen molar-refractivity contribution in [3.8, 4) is 5.75 Å². The molecule has 2 aromatic carbocycles. The van der Waals surface area contributed by atoms with E-state index >= 15 is 0 Å². The smallest absolute Gasteiger partial charge is 0.157 e. The molecule has 0 aliphatic heterocycles. The van der Waals surface area contributed by atoms with Gasteiger partial charge in [-0.25, -0.2) is 9.97 Å². The lowest BCUT2D eigenvalue weighted by molar-refractivity contribution is 0.477. The first-order valence-corrected chi connectivity index (χ1v) is 6.07. The Hall–Kier alpha value is -1.39. The lowest BCUT2D eigenvalue weighted by Crippen LogP contribution is -1.89. The molecule has 0 aliphatic carbocycles. The minimum Gasteiger partial charge on any atom is -0.504 e. The molecule has 0 aliphatic rings. The molecule has 0 atom stereocenters. The van der Waals surface area contributed by atoms with E-state index in [0.29, 0.717) is 20.5 Å². The minimum absolute atomic E-state index is 0.0580. The molecule has 84 valence electrons. The zero-order chi connectivity index (χ0) is 12.0. The summed E-state index contributed by atoms with van der Waals surface area (Å²) in [7, 11) is 0. The minimum atomic E-state index is 0.0580. The van der Waals surface area contributed by atoms with Gasteiger partial charge in [-0.05, 0) is 34.1 Å². The number of benzene rings is 2. The van der Waals surface area contributed by atoms with E-state index < -0.39 is 0 Å². The maximum atomic E-state index is 9.93. The lowest BCUT2D eigenvalue weighted by atomic mass is 10.2. The molecule has 0 fully saturated rings. The van der Waals surface area contributed by atoms with Gasteiger partial charge in [-0.1, -0.05) is 23.7 Å². The van der Waals surface area contributed by atoms with E-state index in [1.165, 1.54) is 0 Å². The Morgan fingerprint density at radius 1 is 1.06 bits per heavy atom. The van der Waals surface area contributed by atoms with Gasteiger partial charge in [0.25, 0.3) is 0 Å². The molecular weight excluding hydrogens is 304 g/mol. The van der Waals surface area contributed by atoms with Crippen LogP contribution in [0.2, 0.25) is 5.02 Å². The van der Waals surface area contributed by atoms with Crippen LogP contribution in [0.3, 0.4) is 0 Å². The first-order chi connectivity index (χ1) is 8.16. The van der Waals surface area contributed by atoms with E-state index in [4.69, 9.17) is 11.6 Å². The van der Waals surface area contributed by atoms with Gasteiger partial charge in [-0.15, -0.1) is 0 Å². The highest BCUT2D eigenvalue weighted by atomic mass is 79.9. The van der Waals surface area contributed by atoms with Crippen molar-refractivity contribution in [3.63, 3.8) is 0 Å². The monoisotopic (exact) mass is 308 g/mol. The number of hydrogen-bond donors (Lipinski definition) is 1. The molecule has 5 heteroatoms. The van der Waals surface area contributed by atoms with Crippen molar-refractivity contribution in [2.24, 2.45) is 0 Å². The highest BCUT2D eigenvalue weighted by Crippen LogP contribution is 2.36. The molecule has 17 heavy (non-hydrogen) atoms. The Bertz CT molecular complexity index is 745. The van der Waals surface area contributed by atoms with Gasteiger partial charge in [0, 0.05) is 0 Å². The molecule has 0 amide bonds. The highest BCUT2D eigenvalue weighted by molar-refractivity contribution is 9.10. The molecule has 3 nitrogen and oxygen atoms in total. The molecule has 0 saturated carbocycles. The molecule has 1 N–H and O–H groups in total. The normalized spacial score (nSPS) is 11.2. The fourth-order valence-corrected chi connectivity index (χ4v) is 2.48. The number of hydrogen-bond acceptors (Lipinski definition) is 3. The zero-order valence-electron chi connectivity index (χ0n) is 8.48. The first-order valence-electron chi connectivity index (χ1n) is 4.90. The van der Waals surface area contributed by atoms with Crippen molar-refractivity contribution in [1.82, 2.24) is 9.97 Å². The Balaban J connectivity index is 2.56. The summed E-state index contributed by atoms with van der Waals surface area (Å²) in [4.78, 5) is 8.78. The van der Waals surface area contributed by atoms with Crippen molar-refractivity contribution >= 4 is 49.6 Å². The molecule has 0 unspecified atom stereocenters. The summed E-state index contributed by atoms with van der Waals surface area (Å²) >= 11 is 9.32. The predicted molar refractivity (Wildman–Crippen MR) is 71.4 cm³/mol. The highest BCUT2D eigenvalue weighted by Gasteiger charge is 2.12. The molecular formula is C12H6BrClN2O. The van der Waals surface area contributed by atoms with Gasteiger partial charge < -0.3 is 5.11 Å². The van der Waals surface area contributed by atoms with Gasteiger partial charge >= 0.3 is 0 Å². The molecule has 1 heterocycles. The van der Waals surface area contributed by atoms with Gasteiger partial charge in [-0.2, -0.15) is 0 Å².